The Morgan fingerprint density at radius 1 is 0.828 bits per heavy atom. The molecule has 0 amide bonds. The van der Waals surface area contributed by atoms with E-state index in [1.807, 2.05) is 71.7 Å². The summed E-state index contributed by atoms with van der Waals surface area (Å²) in [5, 5.41) is 18.3. The van der Waals surface area contributed by atoms with Crippen LogP contribution >= 0.6 is 0 Å². The van der Waals surface area contributed by atoms with E-state index in [2.05, 4.69) is 0 Å². The molecule has 0 atom stereocenters. The van der Waals surface area contributed by atoms with Crippen LogP contribution in [0.2, 0.25) is 0 Å². The smallest absolute Gasteiger partial charge is 0.135 e. The van der Waals surface area contributed by atoms with Gasteiger partial charge in [0.05, 0.1) is 17.6 Å². The van der Waals surface area contributed by atoms with Gasteiger partial charge < -0.3 is 9.52 Å². The molecular formula is C25H22N2O2. The van der Waals surface area contributed by atoms with Gasteiger partial charge in [0.1, 0.15) is 17.1 Å². The van der Waals surface area contributed by atoms with Gasteiger partial charge in [-0.15, -0.1) is 0 Å². The lowest BCUT2D eigenvalue weighted by atomic mass is 9.94. The molecule has 4 aromatic rings. The van der Waals surface area contributed by atoms with Gasteiger partial charge in [-0.2, -0.15) is 5.10 Å². The van der Waals surface area contributed by atoms with E-state index in [1.54, 1.807) is 12.3 Å². The second-order valence-electron chi connectivity index (χ2n) is 7.31. The molecule has 0 bridgehead atoms. The quantitative estimate of drug-likeness (QED) is 0.338. The predicted octanol–water partition coefficient (Wildman–Crippen LogP) is 6.19. The Morgan fingerprint density at radius 3 is 2.17 bits per heavy atom. The average molecular weight is 382 g/mol. The minimum absolute atomic E-state index is 0.219. The predicted molar refractivity (Wildman–Crippen MR) is 117 cm³/mol. The molecule has 3 aromatic carbocycles. The highest BCUT2D eigenvalue weighted by molar-refractivity contribution is 6.03. The van der Waals surface area contributed by atoms with Gasteiger partial charge in [-0.3, -0.25) is 0 Å². The van der Waals surface area contributed by atoms with Crippen LogP contribution in [-0.4, -0.2) is 11.3 Å². The Morgan fingerprint density at radius 2 is 1.48 bits per heavy atom. The van der Waals surface area contributed by atoms with Crippen LogP contribution in [0.25, 0.3) is 11.0 Å². The maximum absolute atomic E-state index is 10.6. The van der Waals surface area contributed by atoms with E-state index in [1.165, 1.54) is 5.56 Å². The fourth-order valence-corrected chi connectivity index (χ4v) is 4.04. The number of para-hydroxylation sites is 2. The summed E-state index contributed by atoms with van der Waals surface area (Å²) >= 11 is 0. The van der Waals surface area contributed by atoms with E-state index in [4.69, 9.17) is 9.52 Å². The first kappa shape index (κ1) is 17.6. The summed E-state index contributed by atoms with van der Waals surface area (Å²) in [6, 6.07) is 23.6. The van der Waals surface area contributed by atoms with Crippen molar-refractivity contribution in [1.29, 1.82) is 0 Å². The molecular weight excluding hydrogens is 360 g/mol. The van der Waals surface area contributed by atoms with Gasteiger partial charge in [0.2, 0.25) is 0 Å². The lowest BCUT2D eigenvalue weighted by molar-refractivity contribution is 0.474. The van der Waals surface area contributed by atoms with Crippen LogP contribution in [-0.2, 0) is 12.8 Å². The van der Waals surface area contributed by atoms with E-state index < -0.39 is 0 Å². The number of hydrogen-bond donors (Lipinski definition) is 1. The van der Waals surface area contributed by atoms with E-state index in [0.29, 0.717) is 5.56 Å². The molecule has 1 aliphatic rings. The first-order valence-corrected chi connectivity index (χ1v) is 10.0. The fraction of sp³-hybridized carbons (Fsp3) is 0.160. The molecule has 0 fully saturated rings. The summed E-state index contributed by atoms with van der Waals surface area (Å²) in [4.78, 5) is 0. The second kappa shape index (κ2) is 7.47. The van der Waals surface area contributed by atoms with Crippen LogP contribution in [0.3, 0.4) is 0 Å². The van der Waals surface area contributed by atoms with Crippen LogP contribution in [0, 0.1) is 0 Å². The minimum atomic E-state index is 0.219. The zero-order chi connectivity index (χ0) is 19.6. The number of hydrazone groups is 1. The van der Waals surface area contributed by atoms with Gasteiger partial charge in [-0.1, -0.05) is 36.4 Å². The van der Waals surface area contributed by atoms with Crippen molar-refractivity contribution in [2.75, 3.05) is 5.01 Å². The molecule has 0 aliphatic heterocycles. The number of anilines is 2. The van der Waals surface area contributed by atoms with Crippen molar-refractivity contribution in [2.45, 2.75) is 25.7 Å². The molecule has 1 aromatic heterocycles. The molecule has 0 saturated heterocycles. The third-order valence-corrected chi connectivity index (χ3v) is 5.44. The zero-order valence-electron chi connectivity index (χ0n) is 16.1. The van der Waals surface area contributed by atoms with E-state index in [0.717, 1.165) is 53.8 Å². The van der Waals surface area contributed by atoms with E-state index in [9.17, 15) is 5.11 Å². The molecule has 0 unspecified atom stereocenters. The number of fused-ring (bicyclic) bond motifs is 3. The van der Waals surface area contributed by atoms with Gasteiger partial charge >= 0.3 is 0 Å². The van der Waals surface area contributed by atoms with Crippen molar-refractivity contribution < 1.29 is 9.52 Å². The van der Waals surface area contributed by atoms with Crippen molar-refractivity contribution in [2.24, 2.45) is 5.10 Å². The lowest BCUT2D eigenvalue weighted by Gasteiger charge is -2.19. The largest absolute Gasteiger partial charge is 0.507 e. The van der Waals surface area contributed by atoms with Gasteiger partial charge in [0, 0.05) is 22.9 Å². The zero-order valence-corrected chi connectivity index (χ0v) is 16.1. The maximum Gasteiger partial charge on any atom is 0.135 e. The Labute approximate surface area is 169 Å². The van der Waals surface area contributed by atoms with Gasteiger partial charge in [0.15, 0.2) is 0 Å². The standard InChI is InChI=1S/C25H22N2O2/c28-22-15-16-24-25(20-13-7-8-14-23(20)29-24)21(22)17-26-27(18-9-3-1-4-10-18)19-11-5-2-6-12-19/h1-6,9-12,15-17,28H,7-8,13-14H2/b26-17+. The van der Waals surface area contributed by atoms with Gasteiger partial charge in [-0.05, 0) is 55.7 Å². The first-order valence-electron chi connectivity index (χ1n) is 10.0. The molecule has 0 saturated carbocycles. The summed E-state index contributed by atoms with van der Waals surface area (Å²) in [6.07, 6.45) is 5.99. The number of phenolic OH excluding ortho intramolecular Hbond substituents is 1. The third-order valence-electron chi connectivity index (χ3n) is 5.44. The monoisotopic (exact) mass is 382 g/mol. The number of rotatable bonds is 4. The topological polar surface area (TPSA) is 49.0 Å². The van der Waals surface area contributed by atoms with Crippen LogP contribution < -0.4 is 5.01 Å². The Bertz CT molecular complexity index is 1120. The molecule has 5 rings (SSSR count). The molecule has 4 heteroatoms. The van der Waals surface area contributed by atoms with Crippen LogP contribution in [0.5, 0.6) is 5.75 Å². The highest BCUT2D eigenvalue weighted by atomic mass is 16.3. The first-order chi connectivity index (χ1) is 14.3. The number of furan rings is 1. The van der Waals surface area contributed by atoms with Gasteiger partial charge in [0.25, 0.3) is 0 Å². The molecule has 1 N–H and O–H groups in total. The van der Waals surface area contributed by atoms with Crippen molar-refractivity contribution in [3.63, 3.8) is 0 Å². The van der Waals surface area contributed by atoms with Crippen molar-refractivity contribution >= 4 is 28.6 Å². The van der Waals surface area contributed by atoms with Crippen molar-refractivity contribution in [3.05, 3.63) is 89.7 Å². The molecule has 0 radical (unpaired) electrons. The van der Waals surface area contributed by atoms with Crippen LogP contribution in [0.1, 0.15) is 29.7 Å². The minimum Gasteiger partial charge on any atom is -0.507 e. The Hall–Kier alpha value is -3.53. The lowest BCUT2D eigenvalue weighted by Crippen LogP contribution is -2.09. The summed E-state index contributed by atoms with van der Waals surface area (Å²) in [5.74, 6) is 1.27. The summed E-state index contributed by atoms with van der Waals surface area (Å²) in [6.45, 7) is 0. The van der Waals surface area contributed by atoms with Crippen LogP contribution in [0.4, 0.5) is 11.4 Å². The average Bonchev–Trinajstić information content (AvgIpc) is 3.15. The molecule has 1 heterocycles. The SMILES string of the molecule is Oc1ccc2oc3c(c2c1/C=N/N(c1ccccc1)c1ccccc1)CCCC3. The molecule has 4 nitrogen and oxygen atoms in total. The molecule has 0 spiro atoms. The molecule has 144 valence electrons. The summed E-state index contributed by atoms with van der Waals surface area (Å²) in [5.41, 5.74) is 4.66. The number of aryl methyl sites for hydroxylation is 2. The fourth-order valence-electron chi connectivity index (χ4n) is 4.04. The highest BCUT2D eigenvalue weighted by Crippen LogP contribution is 2.37. The molecule has 1 aliphatic carbocycles. The van der Waals surface area contributed by atoms with Crippen LogP contribution in [0.15, 0.2) is 82.3 Å². The second-order valence-corrected chi connectivity index (χ2v) is 7.31. The van der Waals surface area contributed by atoms with E-state index >= 15 is 0 Å². The number of aromatic hydroxyl groups is 1. The maximum atomic E-state index is 10.6. The normalized spacial score (nSPS) is 13.7. The van der Waals surface area contributed by atoms with Crippen molar-refractivity contribution in [1.82, 2.24) is 0 Å². The third kappa shape index (κ3) is 3.27. The molecule has 29 heavy (non-hydrogen) atoms. The van der Waals surface area contributed by atoms with Gasteiger partial charge in [-0.25, -0.2) is 5.01 Å². The summed E-state index contributed by atoms with van der Waals surface area (Å²) < 4.78 is 6.08. The number of phenols is 1. The number of benzene rings is 3. The summed E-state index contributed by atoms with van der Waals surface area (Å²) in [7, 11) is 0. The van der Waals surface area contributed by atoms with E-state index in [-0.39, 0.29) is 5.75 Å². The highest BCUT2D eigenvalue weighted by Gasteiger charge is 2.21. The Balaban J connectivity index is 1.63. The Kier molecular flexibility index (Phi) is 4.53. The number of nitrogens with zero attached hydrogens (tertiary/aromatic N) is 2. The van der Waals surface area contributed by atoms with Crippen molar-refractivity contribution in [3.8, 4) is 5.75 Å². The number of hydrogen-bond acceptors (Lipinski definition) is 4.